The Hall–Kier alpha value is -6.13. The molecule has 0 aliphatic carbocycles. The number of carbonyl (C=O) groups excluding carboxylic acids is 6. The highest BCUT2D eigenvalue weighted by Gasteiger charge is 2.41. The molecule has 0 unspecified atom stereocenters. The van der Waals surface area contributed by atoms with Gasteiger partial charge in [0.05, 0.1) is 18.4 Å². The van der Waals surface area contributed by atoms with Gasteiger partial charge in [0.25, 0.3) is 5.91 Å². The highest BCUT2D eigenvalue weighted by Crippen LogP contribution is 2.33. The van der Waals surface area contributed by atoms with Gasteiger partial charge in [0.1, 0.15) is 29.5 Å². The predicted octanol–water partition coefficient (Wildman–Crippen LogP) is 4.46. The van der Waals surface area contributed by atoms with Gasteiger partial charge in [0.15, 0.2) is 0 Å². The van der Waals surface area contributed by atoms with Gasteiger partial charge >= 0.3 is 6.03 Å². The van der Waals surface area contributed by atoms with Gasteiger partial charge in [-0.1, -0.05) is 33.8 Å². The maximum atomic E-state index is 14.3. The molecule has 7 amide bonds. The van der Waals surface area contributed by atoms with Gasteiger partial charge in [-0.15, -0.1) is 0 Å². The molecule has 3 atom stereocenters. The van der Waals surface area contributed by atoms with Crippen molar-refractivity contribution < 1.29 is 28.8 Å². The lowest BCUT2D eigenvalue weighted by atomic mass is 9.95. The Kier molecular flexibility index (Phi) is 14.4. The number of nitrogens with zero attached hydrogens (tertiary/aromatic N) is 7. The highest BCUT2D eigenvalue weighted by atomic mass is 16.2. The van der Waals surface area contributed by atoms with Crippen LogP contribution in [0.5, 0.6) is 0 Å². The van der Waals surface area contributed by atoms with Gasteiger partial charge in [0.2, 0.25) is 29.6 Å². The molecule has 0 bridgehead atoms. The van der Waals surface area contributed by atoms with E-state index in [1.54, 1.807) is 70.5 Å². The number of amides is 7. The molecule has 1 fully saturated rings. The minimum atomic E-state index is -1.40. The number of urea groups is 1. The molecule has 328 valence electrons. The van der Waals surface area contributed by atoms with Crippen LogP contribution in [0.4, 0.5) is 27.9 Å². The summed E-state index contributed by atoms with van der Waals surface area (Å²) in [6.45, 7) is 14.9. The zero-order valence-electron chi connectivity index (χ0n) is 37.3. The van der Waals surface area contributed by atoms with Crippen LogP contribution < -0.4 is 31.1 Å². The lowest BCUT2D eigenvalue weighted by Gasteiger charge is -2.39. The van der Waals surface area contributed by atoms with Gasteiger partial charge in [-0.05, 0) is 95.0 Å². The van der Waals surface area contributed by atoms with Crippen LogP contribution in [0.3, 0.4) is 0 Å². The SMILES string of the molecule is Cc1ccc(Nc2ncc3c(n2)N(C)C(=O)N(c2cc(C(=O)N[C@H](C(=O)N4CCCC[C@H]4C(=O)NC(C)(C)C(=O)N[C@@H](CC(C)C)C(=O)N(C)C)C(C)C)ccc2C)C3)cn1. The molecule has 1 aromatic carbocycles. The number of carbonyl (C=O) groups is 6. The fourth-order valence-electron chi connectivity index (χ4n) is 7.45. The summed E-state index contributed by atoms with van der Waals surface area (Å²) in [4.78, 5) is 102. The summed E-state index contributed by atoms with van der Waals surface area (Å²) in [7, 11) is 4.88. The molecule has 61 heavy (non-hydrogen) atoms. The average Bonchev–Trinajstić information content (AvgIpc) is 3.21. The highest BCUT2D eigenvalue weighted by molar-refractivity contribution is 6.07. The molecule has 1 saturated heterocycles. The third-order valence-electron chi connectivity index (χ3n) is 11.0. The van der Waals surface area contributed by atoms with Gasteiger partial charge in [-0.25, -0.2) is 9.78 Å². The van der Waals surface area contributed by atoms with Crippen LogP contribution in [0.1, 0.15) is 94.4 Å². The van der Waals surface area contributed by atoms with E-state index in [2.05, 4.69) is 36.2 Å². The molecule has 2 aromatic heterocycles. The summed E-state index contributed by atoms with van der Waals surface area (Å²) < 4.78 is 0. The number of nitrogens with one attached hydrogen (secondary N) is 4. The fourth-order valence-corrected chi connectivity index (χ4v) is 7.45. The number of likely N-dealkylation sites (N-methyl/N-ethyl adjacent to an activating group) is 1. The van der Waals surface area contributed by atoms with Gasteiger partial charge in [0, 0.05) is 56.4 Å². The van der Waals surface area contributed by atoms with Crippen LogP contribution in [-0.4, -0.2) is 112 Å². The molecule has 2 aliphatic heterocycles. The van der Waals surface area contributed by atoms with E-state index < -0.39 is 47.3 Å². The van der Waals surface area contributed by atoms with E-state index in [0.29, 0.717) is 60.9 Å². The molecule has 4 heterocycles. The number of likely N-dealkylation sites (tertiary alicyclic amines) is 1. The van der Waals surface area contributed by atoms with Gasteiger partial charge in [-0.2, -0.15) is 4.98 Å². The Morgan fingerprint density at radius 1 is 0.951 bits per heavy atom. The number of aryl methyl sites for hydroxylation is 2. The van der Waals surface area contributed by atoms with Gasteiger partial charge in [-0.3, -0.25) is 38.8 Å². The molecular formula is C44H61N11O6. The lowest BCUT2D eigenvalue weighted by Crippen LogP contribution is -2.64. The number of anilines is 4. The quantitative estimate of drug-likeness (QED) is 0.180. The van der Waals surface area contributed by atoms with Crippen LogP contribution in [-0.2, 0) is 25.7 Å². The molecule has 17 nitrogen and oxygen atoms in total. The van der Waals surface area contributed by atoms with Crippen molar-refractivity contribution in [2.45, 2.75) is 111 Å². The smallest absolute Gasteiger partial charge is 0.330 e. The molecule has 4 N–H and O–H groups in total. The second kappa shape index (κ2) is 19.1. The molecule has 0 saturated carbocycles. The third-order valence-corrected chi connectivity index (χ3v) is 11.0. The molecular weight excluding hydrogens is 779 g/mol. The predicted molar refractivity (Wildman–Crippen MR) is 233 cm³/mol. The first kappa shape index (κ1) is 45.9. The number of aromatic nitrogens is 3. The number of rotatable bonds is 14. The minimum Gasteiger partial charge on any atom is -0.347 e. The zero-order valence-corrected chi connectivity index (χ0v) is 37.3. The number of piperidine rings is 1. The Balaban J connectivity index is 1.29. The van der Waals surface area contributed by atoms with Crippen molar-refractivity contribution >= 4 is 58.7 Å². The maximum absolute atomic E-state index is 14.3. The van der Waals surface area contributed by atoms with Crippen LogP contribution in [0.15, 0.2) is 42.7 Å². The molecule has 0 radical (unpaired) electrons. The van der Waals surface area contributed by atoms with Gasteiger partial charge < -0.3 is 31.1 Å². The number of pyridine rings is 1. The molecule has 5 rings (SSSR count). The van der Waals surface area contributed by atoms with Crippen LogP contribution in [0.25, 0.3) is 0 Å². The number of fused-ring (bicyclic) bond motifs is 1. The first-order valence-corrected chi connectivity index (χ1v) is 20.8. The summed E-state index contributed by atoms with van der Waals surface area (Å²) in [6.07, 6.45) is 5.49. The average molecular weight is 840 g/mol. The number of hydrogen-bond donors (Lipinski definition) is 4. The second-order valence-electron chi connectivity index (χ2n) is 17.5. The minimum absolute atomic E-state index is 0.131. The first-order chi connectivity index (χ1) is 28.7. The van der Waals surface area contributed by atoms with Crippen molar-refractivity contribution in [1.82, 2.24) is 40.7 Å². The number of benzene rings is 1. The van der Waals surface area contributed by atoms with Crippen molar-refractivity contribution in [2.24, 2.45) is 11.8 Å². The normalized spacial score (nSPS) is 16.4. The van der Waals surface area contributed by atoms with Crippen LogP contribution in [0.2, 0.25) is 0 Å². The monoisotopic (exact) mass is 839 g/mol. The van der Waals surface area contributed by atoms with Crippen LogP contribution >= 0.6 is 0 Å². The van der Waals surface area contributed by atoms with E-state index in [1.165, 1.54) is 14.7 Å². The second-order valence-corrected chi connectivity index (χ2v) is 17.5. The number of hydrogen-bond acceptors (Lipinski definition) is 10. The Morgan fingerprint density at radius 2 is 1.67 bits per heavy atom. The molecule has 2 aliphatic rings. The Bertz CT molecular complexity index is 2140. The van der Waals surface area contributed by atoms with Crippen molar-refractivity contribution in [1.29, 1.82) is 0 Å². The third kappa shape index (κ3) is 10.8. The van der Waals surface area contributed by atoms with Crippen molar-refractivity contribution in [3.63, 3.8) is 0 Å². The van der Waals surface area contributed by atoms with Crippen LogP contribution in [0, 0.1) is 25.7 Å². The van der Waals surface area contributed by atoms with E-state index in [1.807, 2.05) is 53.7 Å². The van der Waals surface area contributed by atoms with Crippen molar-refractivity contribution in [3.8, 4) is 0 Å². The Morgan fingerprint density at radius 3 is 2.31 bits per heavy atom. The first-order valence-electron chi connectivity index (χ1n) is 20.8. The van der Waals surface area contributed by atoms with Crippen molar-refractivity contribution in [2.75, 3.05) is 42.8 Å². The molecule has 0 spiro atoms. The zero-order chi connectivity index (χ0) is 44.9. The fraction of sp³-hybridized carbons (Fsp3) is 0.523. The van der Waals surface area contributed by atoms with E-state index in [9.17, 15) is 28.8 Å². The topological polar surface area (TPSA) is 202 Å². The summed E-state index contributed by atoms with van der Waals surface area (Å²) in [5.74, 6) is -1.65. The maximum Gasteiger partial charge on any atom is 0.330 e. The summed E-state index contributed by atoms with van der Waals surface area (Å²) >= 11 is 0. The lowest BCUT2D eigenvalue weighted by molar-refractivity contribution is -0.146. The van der Waals surface area contributed by atoms with E-state index >= 15 is 0 Å². The van der Waals surface area contributed by atoms with E-state index in [-0.39, 0.29) is 35.9 Å². The molecule has 3 aromatic rings. The summed E-state index contributed by atoms with van der Waals surface area (Å²) in [5, 5.41) is 11.7. The van der Waals surface area contributed by atoms with Crippen molar-refractivity contribution in [3.05, 3.63) is 65.1 Å². The van der Waals surface area contributed by atoms with E-state index in [0.717, 1.165) is 11.3 Å². The summed E-state index contributed by atoms with van der Waals surface area (Å²) in [6, 6.07) is 5.78. The molecule has 17 heteroatoms. The largest absolute Gasteiger partial charge is 0.347 e. The Labute approximate surface area is 358 Å². The summed E-state index contributed by atoms with van der Waals surface area (Å²) in [5.41, 5.74) is 2.38. The standard InChI is InChI=1S/C44H61N11O6/c1-25(2)20-32(39(58)52(9)10)48-41(60)44(7,8)51-38(57)33-14-12-13-19-54(33)40(59)35(26(3)4)49-37(56)29-17-15-27(5)34(21-29)55-24-30-22-46-42(50-36(30)53(11)43(55)61)47-31-18-16-28(6)45-23-31/h15-18,21-23,25-26,32-33,35H,12-14,19-20,24H2,1-11H3,(H,48,60)(H,49,56)(H,51,57)(H,46,47,50)/t32-,33-,35-/m0/s1. The van der Waals surface area contributed by atoms with E-state index in [4.69, 9.17) is 0 Å².